The molecule has 3 N–H and O–H groups in total. The number of hydrogen-bond acceptors (Lipinski definition) is 3. The molecule has 1 aliphatic rings. The first-order valence-corrected chi connectivity index (χ1v) is 8.16. The van der Waals surface area contributed by atoms with Crippen LogP contribution in [0.5, 0.6) is 0 Å². The van der Waals surface area contributed by atoms with E-state index in [2.05, 4.69) is 17.3 Å². The van der Waals surface area contributed by atoms with Gasteiger partial charge in [0.15, 0.2) is 0 Å². The summed E-state index contributed by atoms with van der Waals surface area (Å²) in [4.78, 5) is 12.5. The summed E-state index contributed by atoms with van der Waals surface area (Å²) in [7, 11) is 0. The summed E-state index contributed by atoms with van der Waals surface area (Å²) in [5.41, 5.74) is 7.16. The molecule has 1 saturated carbocycles. The molecule has 1 aromatic rings. The second kappa shape index (κ2) is 7.59. The Morgan fingerprint density at radius 1 is 1.43 bits per heavy atom. The normalized spacial score (nSPS) is 22.8. The first-order valence-electron chi connectivity index (χ1n) is 8.16. The zero-order valence-corrected chi connectivity index (χ0v) is 13.3. The minimum atomic E-state index is 0.0187. The third-order valence-corrected chi connectivity index (χ3v) is 4.60. The molecular formula is C16H28N4O. The third-order valence-electron chi connectivity index (χ3n) is 4.60. The molecule has 1 amide bonds. The average Bonchev–Trinajstić information content (AvgIpc) is 2.71. The fourth-order valence-corrected chi connectivity index (χ4v) is 3.09. The lowest BCUT2D eigenvalue weighted by Crippen LogP contribution is -2.39. The number of hydrogen-bond donors (Lipinski definition) is 2. The molecule has 5 heteroatoms. The van der Waals surface area contributed by atoms with Gasteiger partial charge < -0.3 is 11.1 Å². The number of aromatic nitrogens is 2. The summed E-state index contributed by atoms with van der Waals surface area (Å²) < 4.78 is 1.87. The minimum Gasteiger partial charge on any atom is -0.349 e. The predicted molar refractivity (Wildman–Crippen MR) is 84.1 cm³/mol. The summed E-state index contributed by atoms with van der Waals surface area (Å²) in [5.74, 6) is 0.578. The third kappa shape index (κ3) is 4.06. The highest BCUT2D eigenvalue weighted by Crippen LogP contribution is 2.23. The second-order valence-corrected chi connectivity index (χ2v) is 6.20. The van der Waals surface area contributed by atoms with E-state index in [1.807, 2.05) is 11.6 Å². The van der Waals surface area contributed by atoms with Gasteiger partial charge in [-0.2, -0.15) is 5.10 Å². The predicted octanol–water partition coefficient (Wildman–Crippen LogP) is 2.24. The molecule has 21 heavy (non-hydrogen) atoms. The van der Waals surface area contributed by atoms with Gasteiger partial charge in [0, 0.05) is 18.3 Å². The van der Waals surface area contributed by atoms with Crippen molar-refractivity contribution in [3.8, 4) is 0 Å². The van der Waals surface area contributed by atoms with Crippen molar-refractivity contribution in [3.63, 3.8) is 0 Å². The molecule has 2 unspecified atom stereocenters. The monoisotopic (exact) mass is 292 g/mol. The van der Waals surface area contributed by atoms with E-state index in [9.17, 15) is 4.79 Å². The van der Waals surface area contributed by atoms with Crippen LogP contribution in [0.1, 0.15) is 61.5 Å². The molecule has 118 valence electrons. The minimum absolute atomic E-state index is 0.0187. The van der Waals surface area contributed by atoms with E-state index in [1.165, 1.54) is 25.7 Å². The van der Waals surface area contributed by atoms with Crippen LogP contribution >= 0.6 is 0 Å². The Labute approximate surface area is 127 Å². The van der Waals surface area contributed by atoms with Crippen molar-refractivity contribution < 1.29 is 4.79 Å². The van der Waals surface area contributed by atoms with Crippen LogP contribution in [0.2, 0.25) is 0 Å². The molecule has 5 nitrogen and oxygen atoms in total. The molecule has 1 heterocycles. The maximum Gasteiger partial charge on any atom is 0.254 e. The molecular weight excluding hydrogens is 264 g/mol. The molecule has 0 saturated heterocycles. The first kappa shape index (κ1) is 16.0. The van der Waals surface area contributed by atoms with Gasteiger partial charge in [-0.05, 0) is 38.6 Å². The van der Waals surface area contributed by atoms with E-state index < -0.39 is 0 Å². The number of carbonyl (C=O) groups excluding carboxylic acids is 1. The maximum atomic E-state index is 12.5. The summed E-state index contributed by atoms with van der Waals surface area (Å²) in [5, 5.41) is 7.52. The lowest BCUT2D eigenvalue weighted by molar-refractivity contribution is 0.0921. The van der Waals surface area contributed by atoms with Gasteiger partial charge in [-0.25, -0.2) is 0 Å². The Morgan fingerprint density at radius 2 is 2.19 bits per heavy atom. The molecule has 2 atom stereocenters. The Hall–Kier alpha value is -1.36. The van der Waals surface area contributed by atoms with Gasteiger partial charge in [0.2, 0.25) is 0 Å². The van der Waals surface area contributed by atoms with Crippen LogP contribution in [0.15, 0.2) is 6.20 Å². The molecule has 1 fully saturated rings. The fourth-order valence-electron chi connectivity index (χ4n) is 3.09. The number of nitrogens with one attached hydrogen (secondary N) is 1. The molecule has 1 aromatic heterocycles. The molecule has 2 rings (SSSR count). The number of aryl methyl sites for hydroxylation is 1. The molecule has 0 radical (unpaired) electrons. The average molecular weight is 292 g/mol. The second-order valence-electron chi connectivity index (χ2n) is 6.20. The molecule has 1 aliphatic carbocycles. The van der Waals surface area contributed by atoms with E-state index in [-0.39, 0.29) is 5.91 Å². The van der Waals surface area contributed by atoms with E-state index in [4.69, 9.17) is 5.73 Å². The lowest BCUT2D eigenvalue weighted by atomic mass is 9.96. The SMILES string of the molecule is Cc1c(C(=O)NC2CCCCCC2C)cnn1CCCN. The van der Waals surface area contributed by atoms with E-state index in [0.29, 0.717) is 24.1 Å². The van der Waals surface area contributed by atoms with Crippen LogP contribution < -0.4 is 11.1 Å². The highest BCUT2D eigenvalue weighted by atomic mass is 16.1. The largest absolute Gasteiger partial charge is 0.349 e. The van der Waals surface area contributed by atoms with Crippen LogP contribution in [0.4, 0.5) is 0 Å². The van der Waals surface area contributed by atoms with Crippen LogP contribution in [0.3, 0.4) is 0 Å². The van der Waals surface area contributed by atoms with Crippen molar-refractivity contribution in [2.24, 2.45) is 11.7 Å². The standard InChI is InChI=1S/C16H28N4O/c1-12-7-4-3-5-8-15(12)19-16(21)14-11-18-20(13(14)2)10-6-9-17/h11-12,15H,3-10,17H2,1-2H3,(H,19,21). The Bertz CT molecular complexity index is 469. The molecule has 0 aliphatic heterocycles. The number of carbonyl (C=O) groups is 1. The summed E-state index contributed by atoms with van der Waals surface area (Å²) in [6.45, 7) is 5.61. The van der Waals surface area contributed by atoms with Gasteiger partial charge in [0.1, 0.15) is 0 Å². The van der Waals surface area contributed by atoms with Crippen molar-refractivity contribution >= 4 is 5.91 Å². The van der Waals surface area contributed by atoms with Crippen LogP contribution in [0.25, 0.3) is 0 Å². The van der Waals surface area contributed by atoms with E-state index in [0.717, 1.165) is 25.1 Å². The van der Waals surface area contributed by atoms with Gasteiger partial charge in [0.25, 0.3) is 5.91 Å². The lowest BCUT2D eigenvalue weighted by Gasteiger charge is -2.22. The Balaban J connectivity index is 2.01. The number of nitrogens with zero attached hydrogens (tertiary/aromatic N) is 2. The summed E-state index contributed by atoms with van der Waals surface area (Å²) >= 11 is 0. The van der Waals surface area contributed by atoms with Gasteiger partial charge in [-0.3, -0.25) is 9.48 Å². The van der Waals surface area contributed by atoms with Crippen molar-refractivity contribution in [3.05, 3.63) is 17.5 Å². The number of amides is 1. The van der Waals surface area contributed by atoms with Gasteiger partial charge in [0.05, 0.1) is 11.8 Å². The van der Waals surface area contributed by atoms with Crippen LogP contribution in [-0.4, -0.2) is 28.3 Å². The zero-order valence-electron chi connectivity index (χ0n) is 13.3. The van der Waals surface area contributed by atoms with E-state index in [1.54, 1.807) is 6.20 Å². The van der Waals surface area contributed by atoms with Crippen LogP contribution in [0, 0.1) is 12.8 Å². The highest BCUT2D eigenvalue weighted by molar-refractivity contribution is 5.95. The number of rotatable bonds is 5. The van der Waals surface area contributed by atoms with E-state index >= 15 is 0 Å². The number of nitrogens with two attached hydrogens (primary N) is 1. The first-order chi connectivity index (χ1) is 10.1. The molecule has 0 bridgehead atoms. The summed E-state index contributed by atoms with van der Waals surface area (Å²) in [6, 6.07) is 0.298. The van der Waals surface area contributed by atoms with Gasteiger partial charge in [-0.15, -0.1) is 0 Å². The van der Waals surface area contributed by atoms with Crippen molar-refractivity contribution in [2.75, 3.05) is 6.54 Å². The Morgan fingerprint density at radius 3 is 2.95 bits per heavy atom. The Kier molecular flexibility index (Phi) is 5.79. The zero-order chi connectivity index (χ0) is 15.2. The maximum absolute atomic E-state index is 12.5. The highest BCUT2D eigenvalue weighted by Gasteiger charge is 2.23. The van der Waals surface area contributed by atoms with Crippen molar-refractivity contribution in [2.45, 2.75) is 65.0 Å². The fraction of sp³-hybridized carbons (Fsp3) is 0.750. The smallest absolute Gasteiger partial charge is 0.254 e. The van der Waals surface area contributed by atoms with Crippen LogP contribution in [-0.2, 0) is 6.54 Å². The van der Waals surface area contributed by atoms with Gasteiger partial charge >= 0.3 is 0 Å². The topological polar surface area (TPSA) is 72.9 Å². The van der Waals surface area contributed by atoms with Crippen molar-refractivity contribution in [1.82, 2.24) is 15.1 Å². The molecule has 0 aromatic carbocycles. The summed E-state index contributed by atoms with van der Waals surface area (Å²) in [6.07, 6.45) is 8.64. The molecule has 0 spiro atoms. The van der Waals surface area contributed by atoms with Gasteiger partial charge in [-0.1, -0.05) is 26.2 Å². The quantitative estimate of drug-likeness (QED) is 0.817. The van der Waals surface area contributed by atoms with Crippen molar-refractivity contribution in [1.29, 1.82) is 0 Å².